The zero-order chi connectivity index (χ0) is 53.7. The maximum absolute atomic E-state index is 12.2. The van der Waals surface area contributed by atoms with Crippen molar-refractivity contribution in [2.24, 2.45) is 5.41 Å². The third kappa shape index (κ3) is 49.1. The maximum atomic E-state index is 12.2. The molecular formula is C53H96O21. The number of rotatable bonds is 57. The number of hydrogen-bond acceptors (Lipinski definition) is 21. The van der Waals surface area contributed by atoms with Crippen molar-refractivity contribution in [3.63, 3.8) is 0 Å². The molecule has 1 aromatic carbocycles. The summed E-state index contributed by atoms with van der Waals surface area (Å²) in [6, 6.07) is 7.56. The molecule has 0 saturated heterocycles. The highest BCUT2D eigenvalue weighted by Gasteiger charge is 2.27. The first-order chi connectivity index (χ1) is 36.0. The molecule has 0 bridgehead atoms. The standard InChI is InChI=1S/C53H96O21/c1-52(2,3)47-53(4,5)48-7-9-49(10-8-48)74-51(55)12-11-50(54)73-46-45-72-44-43-71-42-41-70-40-39-69-38-37-68-36-35-67-34-33-66-32-31-65-30-29-64-28-27-63-26-25-62-24-23-61-22-21-60-20-19-59-18-17-58-16-15-57-14-13-56-6/h7-10H,11-47H2,1-6H3. The number of benzene rings is 1. The van der Waals surface area contributed by atoms with Crippen LogP contribution in [0.4, 0.5) is 0 Å². The number of hydrogen-bond donors (Lipinski definition) is 0. The highest BCUT2D eigenvalue weighted by Crippen LogP contribution is 2.36. The summed E-state index contributed by atoms with van der Waals surface area (Å²) < 4.78 is 103. The van der Waals surface area contributed by atoms with Crippen LogP contribution in [-0.4, -0.2) is 244 Å². The van der Waals surface area contributed by atoms with E-state index in [1.54, 1.807) is 19.2 Å². The first-order valence-corrected chi connectivity index (χ1v) is 26.2. The van der Waals surface area contributed by atoms with Crippen molar-refractivity contribution in [3.05, 3.63) is 29.8 Å². The van der Waals surface area contributed by atoms with Gasteiger partial charge in [-0.2, -0.15) is 0 Å². The van der Waals surface area contributed by atoms with E-state index in [4.69, 9.17) is 90.0 Å². The monoisotopic (exact) mass is 1070 g/mol. The Balaban J connectivity index is 1.69. The fourth-order valence-corrected chi connectivity index (χ4v) is 6.62. The van der Waals surface area contributed by atoms with Gasteiger partial charge in [0.05, 0.1) is 231 Å². The van der Waals surface area contributed by atoms with Gasteiger partial charge in [0.2, 0.25) is 0 Å². The van der Waals surface area contributed by atoms with E-state index in [9.17, 15) is 9.59 Å². The van der Waals surface area contributed by atoms with Crippen LogP contribution < -0.4 is 4.74 Å². The molecule has 0 aliphatic heterocycles. The summed E-state index contributed by atoms with van der Waals surface area (Å²) in [5, 5.41) is 0. The second-order valence-corrected chi connectivity index (χ2v) is 18.1. The molecule has 0 aliphatic rings. The van der Waals surface area contributed by atoms with Gasteiger partial charge in [-0.15, -0.1) is 0 Å². The van der Waals surface area contributed by atoms with Crippen LogP contribution in [0.5, 0.6) is 5.75 Å². The Bertz CT molecular complexity index is 1370. The Hall–Kier alpha value is -2.52. The smallest absolute Gasteiger partial charge is 0.311 e. The zero-order valence-corrected chi connectivity index (χ0v) is 46.0. The van der Waals surface area contributed by atoms with E-state index in [-0.39, 0.29) is 36.9 Å². The SMILES string of the molecule is COCCOCCOCCOCCOCCOCCOCCOCCOCCOCCOCCOCCOCCOCCOCCOCCOCCOC(=O)CCC(=O)Oc1ccc(C(C)(C)CC(C)(C)C)cc1. The number of ether oxygens (including phenoxy) is 19. The Morgan fingerprint density at radius 3 is 0.797 bits per heavy atom. The number of methoxy groups -OCH3 is 1. The molecule has 0 radical (unpaired) electrons. The van der Waals surface area contributed by atoms with Crippen LogP contribution >= 0.6 is 0 Å². The van der Waals surface area contributed by atoms with Gasteiger partial charge >= 0.3 is 11.9 Å². The predicted octanol–water partition coefficient (Wildman–Crippen LogP) is 4.54. The summed E-state index contributed by atoms with van der Waals surface area (Å²) in [5.41, 5.74) is 1.36. The minimum Gasteiger partial charge on any atom is -0.463 e. The zero-order valence-electron chi connectivity index (χ0n) is 46.0. The van der Waals surface area contributed by atoms with E-state index in [0.29, 0.717) is 217 Å². The van der Waals surface area contributed by atoms with E-state index < -0.39 is 11.9 Å². The largest absolute Gasteiger partial charge is 0.463 e. The molecular weight excluding hydrogens is 973 g/mol. The fourth-order valence-electron chi connectivity index (χ4n) is 6.62. The number of carbonyl (C=O) groups excluding carboxylic acids is 2. The van der Waals surface area contributed by atoms with Gasteiger partial charge in [0.15, 0.2) is 0 Å². The summed E-state index contributed by atoms with van der Waals surface area (Å²) >= 11 is 0. The van der Waals surface area contributed by atoms with E-state index in [2.05, 4.69) is 34.6 Å². The molecule has 0 saturated carbocycles. The Morgan fingerprint density at radius 2 is 0.554 bits per heavy atom. The van der Waals surface area contributed by atoms with Crippen molar-refractivity contribution in [3.8, 4) is 5.75 Å². The van der Waals surface area contributed by atoms with Crippen molar-refractivity contribution in [2.45, 2.75) is 59.3 Å². The molecule has 0 aromatic heterocycles. The third-order valence-corrected chi connectivity index (χ3v) is 9.88. The summed E-state index contributed by atoms with van der Waals surface area (Å²) in [5.74, 6) is -0.517. The van der Waals surface area contributed by atoms with Gasteiger partial charge in [0.25, 0.3) is 0 Å². The van der Waals surface area contributed by atoms with Crippen LogP contribution in [-0.2, 0) is 100 Å². The van der Waals surface area contributed by atoms with Gasteiger partial charge in [0.1, 0.15) is 12.4 Å². The normalized spacial score (nSPS) is 12.0. The molecule has 21 heteroatoms. The molecule has 0 N–H and O–H groups in total. The van der Waals surface area contributed by atoms with E-state index >= 15 is 0 Å². The maximum Gasteiger partial charge on any atom is 0.311 e. The van der Waals surface area contributed by atoms with E-state index in [0.717, 1.165) is 6.42 Å². The predicted molar refractivity (Wildman–Crippen MR) is 274 cm³/mol. The average molecular weight is 1070 g/mol. The molecule has 434 valence electrons. The molecule has 1 aromatic rings. The van der Waals surface area contributed by atoms with Crippen LogP contribution in [0.2, 0.25) is 0 Å². The molecule has 0 fully saturated rings. The molecule has 0 amide bonds. The molecule has 0 aliphatic carbocycles. The van der Waals surface area contributed by atoms with Crippen LogP contribution in [0.25, 0.3) is 0 Å². The molecule has 0 atom stereocenters. The molecule has 0 unspecified atom stereocenters. The van der Waals surface area contributed by atoms with E-state index in [1.165, 1.54) is 5.56 Å². The lowest BCUT2D eigenvalue weighted by molar-refractivity contribution is -0.148. The van der Waals surface area contributed by atoms with Crippen LogP contribution in [0.3, 0.4) is 0 Å². The first-order valence-electron chi connectivity index (χ1n) is 26.2. The van der Waals surface area contributed by atoms with Gasteiger partial charge in [-0.3, -0.25) is 9.59 Å². The van der Waals surface area contributed by atoms with Crippen LogP contribution in [0, 0.1) is 5.41 Å². The highest BCUT2D eigenvalue weighted by molar-refractivity contribution is 5.79. The lowest BCUT2D eigenvalue weighted by Crippen LogP contribution is -2.24. The molecule has 0 heterocycles. The topological polar surface area (TPSA) is 210 Å². The Kier molecular flexibility index (Phi) is 48.1. The van der Waals surface area contributed by atoms with Crippen molar-refractivity contribution in [1.82, 2.24) is 0 Å². The van der Waals surface area contributed by atoms with Crippen molar-refractivity contribution < 1.29 is 99.6 Å². The lowest BCUT2D eigenvalue weighted by atomic mass is 9.72. The summed E-state index contributed by atoms with van der Waals surface area (Å²) in [6.45, 7) is 26.9. The first kappa shape index (κ1) is 69.5. The molecule has 21 nitrogen and oxygen atoms in total. The quantitative estimate of drug-likeness (QED) is 0.0498. The summed E-state index contributed by atoms with van der Waals surface area (Å²) in [7, 11) is 1.64. The Morgan fingerprint density at radius 1 is 0.324 bits per heavy atom. The second kappa shape index (κ2) is 51.2. The van der Waals surface area contributed by atoms with Gasteiger partial charge in [0, 0.05) is 7.11 Å². The van der Waals surface area contributed by atoms with Gasteiger partial charge in [-0.25, -0.2) is 0 Å². The second-order valence-electron chi connectivity index (χ2n) is 18.1. The minimum absolute atomic E-state index is 0.00800. The van der Waals surface area contributed by atoms with Crippen molar-refractivity contribution >= 4 is 11.9 Å². The third-order valence-electron chi connectivity index (χ3n) is 9.88. The van der Waals surface area contributed by atoms with Crippen molar-refractivity contribution in [1.29, 1.82) is 0 Å². The minimum atomic E-state index is -0.486. The van der Waals surface area contributed by atoms with E-state index in [1.807, 2.05) is 12.1 Å². The van der Waals surface area contributed by atoms with Crippen LogP contribution in [0.15, 0.2) is 24.3 Å². The fraction of sp³-hybridized carbons (Fsp3) is 0.849. The molecule has 1 rings (SSSR count). The summed E-state index contributed by atoms with van der Waals surface area (Å²) in [4.78, 5) is 24.3. The molecule has 74 heavy (non-hydrogen) atoms. The van der Waals surface area contributed by atoms with Gasteiger partial charge in [-0.1, -0.05) is 46.8 Å². The van der Waals surface area contributed by atoms with Gasteiger partial charge in [-0.05, 0) is 34.9 Å². The molecule has 0 spiro atoms. The highest BCUT2D eigenvalue weighted by atomic mass is 16.6. The lowest BCUT2D eigenvalue weighted by Gasteiger charge is -2.33. The Labute approximate surface area is 442 Å². The number of carbonyl (C=O) groups is 2. The summed E-state index contributed by atoms with van der Waals surface area (Å²) in [6.07, 6.45) is 0.882. The van der Waals surface area contributed by atoms with Gasteiger partial charge < -0.3 is 90.0 Å². The van der Waals surface area contributed by atoms with Crippen molar-refractivity contribution in [2.75, 3.05) is 232 Å². The van der Waals surface area contributed by atoms with Crippen LogP contribution in [0.1, 0.15) is 59.4 Å². The average Bonchev–Trinajstić information content (AvgIpc) is 3.36. The number of esters is 2.